The van der Waals surface area contributed by atoms with E-state index in [2.05, 4.69) is 27.4 Å². The topological polar surface area (TPSA) is 115 Å². The van der Waals surface area contributed by atoms with E-state index in [4.69, 9.17) is 0 Å². The minimum Gasteiger partial charge on any atom is -0.383 e. The fraction of sp³-hybridized carbons (Fsp3) is 0.438. The second-order valence-corrected chi connectivity index (χ2v) is 11.4. The van der Waals surface area contributed by atoms with E-state index in [9.17, 15) is 19.5 Å². The smallest absolute Gasteiger partial charge is 0.249 e. The van der Waals surface area contributed by atoms with Crippen LogP contribution in [0.4, 0.5) is 5.69 Å². The van der Waals surface area contributed by atoms with Crippen LogP contribution in [0.2, 0.25) is 0 Å². The zero-order chi connectivity index (χ0) is 28.9. The predicted molar refractivity (Wildman–Crippen MR) is 158 cm³/mol. The van der Waals surface area contributed by atoms with Gasteiger partial charge in [-0.05, 0) is 56.3 Å². The predicted octanol–water partition coefficient (Wildman–Crippen LogP) is 2.98. The Labute approximate surface area is 240 Å². The number of anilines is 1. The van der Waals surface area contributed by atoms with Gasteiger partial charge in [0.05, 0.1) is 23.4 Å². The number of likely N-dealkylation sites (tertiary alicyclic amines) is 2. The Morgan fingerprint density at radius 2 is 1.78 bits per heavy atom. The highest BCUT2D eigenvalue weighted by Gasteiger charge is 2.45. The van der Waals surface area contributed by atoms with Gasteiger partial charge in [-0.1, -0.05) is 61.9 Å². The maximum atomic E-state index is 13.8. The molecule has 0 saturated carbocycles. The highest BCUT2D eigenvalue weighted by atomic mass is 16.3. The van der Waals surface area contributed by atoms with Crippen molar-refractivity contribution in [3.8, 4) is 0 Å². The number of benzene rings is 2. The highest BCUT2D eigenvalue weighted by Crippen LogP contribution is 2.29. The summed E-state index contributed by atoms with van der Waals surface area (Å²) in [4.78, 5) is 48.4. The van der Waals surface area contributed by atoms with Crippen LogP contribution < -0.4 is 10.6 Å². The van der Waals surface area contributed by atoms with Crippen LogP contribution in [0.5, 0.6) is 0 Å². The third-order valence-electron chi connectivity index (χ3n) is 8.44. The first-order chi connectivity index (χ1) is 19.8. The number of hydrogen-bond donors (Lipinski definition) is 3. The molecule has 3 aromatic rings. The van der Waals surface area contributed by atoms with Crippen LogP contribution in [0.25, 0.3) is 10.9 Å². The lowest BCUT2D eigenvalue weighted by atomic mass is 10.0. The summed E-state index contributed by atoms with van der Waals surface area (Å²) in [6.07, 6.45) is 3.30. The molecule has 41 heavy (non-hydrogen) atoms. The number of likely N-dealkylation sites (N-methyl/N-ethyl adjacent to an activating group) is 1. The molecule has 2 aromatic carbocycles. The number of aromatic nitrogens is 1. The molecule has 0 bridgehead atoms. The summed E-state index contributed by atoms with van der Waals surface area (Å²) in [7, 11) is 1.95. The van der Waals surface area contributed by atoms with Crippen molar-refractivity contribution in [3.05, 3.63) is 72.4 Å². The van der Waals surface area contributed by atoms with Crippen molar-refractivity contribution in [3.63, 3.8) is 0 Å². The van der Waals surface area contributed by atoms with Crippen LogP contribution in [0.15, 0.2) is 66.9 Å². The molecule has 5 atom stereocenters. The van der Waals surface area contributed by atoms with E-state index in [1.165, 1.54) is 0 Å². The minimum atomic E-state index is -1.18. The Bertz CT molecular complexity index is 1380. The number of nitrogens with one attached hydrogen (secondary N) is 2. The average Bonchev–Trinajstić information content (AvgIpc) is 3.59. The quantitative estimate of drug-likeness (QED) is 0.373. The maximum absolute atomic E-state index is 13.8. The van der Waals surface area contributed by atoms with Gasteiger partial charge in [-0.15, -0.1) is 0 Å². The van der Waals surface area contributed by atoms with Gasteiger partial charge in [-0.3, -0.25) is 24.3 Å². The lowest BCUT2D eigenvalue weighted by Gasteiger charge is -2.29. The number of para-hydroxylation sites is 1. The molecular formula is C32H39N5O4. The lowest BCUT2D eigenvalue weighted by molar-refractivity contribution is -0.140. The Kier molecular flexibility index (Phi) is 8.95. The fourth-order valence-electron chi connectivity index (χ4n) is 6.06. The van der Waals surface area contributed by atoms with Gasteiger partial charge in [0.1, 0.15) is 12.1 Å². The van der Waals surface area contributed by atoms with Gasteiger partial charge in [0, 0.05) is 24.5 Å². The van der Waals surface area contributed by atoms with E-state index >= 15 is 0 Å². The number of aryl methyl sites for hydroxylation is 1. The van der Waals surface area contributed by atoms with E-state index in [1.54, 1.807) is 11.1 Å². The summed E-state index contributed by atoms with van der Waals surface area (Å²) >= 11 is 0. The molecule has 3 amide bonds. The monoisotopic (exact) mass is 557 g/mol. The van der Waals surface area contributed by atoms with Crippen LogP contribution in [0, 0.1) is 5.92 Å². The van der Waals surface area contributed by atoms with E-state index in [-0.39, 0.29) is 37.2 Å². The van der Waals surface area contributed by atoms with E-state index in [0.717, 1.165) is 35.9 Å². The standard InChI is InChI=1S/C32H39N5O4/c1-3-21-15-28(36(2)19-21)32(41)37-20-25(35-31(40)29(38)14-13-22-9-5-4-6-10-22)17-27(37)30(39)34-24-16-23-11-7-8-12-26(23)33-18-24/h4-12,16,18,21,25,27-29,38H,3,13-15,17,19-20H2,1-2H3,(H,34,39)(H,35,40)/t21-,25-,27+,28+,29-/m1/s1. The molecule has 0 spiro atoms. The fourth-order valence-corrected chi connectivity index (χ4v) is 6.06. The molecule has 2 fully saturated rings. The number of hydrogen-bond acceptors (Lipinski definition) is 6. The molecule has 9 nitrogen and oxygen atoms in total. The average molecular weight is 558 g/mol. The Balaban J connectivity index is 1.28. The van der Waals surface area contributed by atoms with Crippen molar-refractivity contribution in [2.75, 3.05) is 25.5 Å². The first-order valence-corrected chi connectivity index (χ1v) is 14.5. The second-order valence-electron chi connectivity index (χ2n) is 11.4. The summed E-state index contributed by atoms with van der Waals surface area (Å²) in [6, 6.07) is 17.7. The van der Waals surface area contributed by atoms with Crippen molar-refractivity contribution < 1.29 is 19.5 Å². The summed E-state index contributed by atoms with van der Waals surface area (Å²) in [6.45, 7) is 3.18. The number of pyridine rings is 1. The molecule has 3 heterocycles. The number of aliphatic hydroxyl groups is 1. The zero-order valence-electron chi connectivity index (χ0n) is 23.7. The number of carbonyl (C=O) groups excluding carboxylic acids is 3. The van der Waals surface area contributed by atoms with Crippen LogP contribution >= 0.6 is 0 Å². The number of fused-ring (bicyclic) bond motifs is 1. The molecule has 3 N–H and O–H groups in total. The van der Waals surface area contributed by atoms with Gasteiger partial charge in [0.25, 0.3) is 0 Å². The summed E-state index contributed by atoms with van der Waals surface area (Å²) < 4.78 is 0. The number of aliphatic hydroxyl groups excluding tert-OH is 1. The van der Waals surface area contributed by atoms with Crippen molar-refractivity contribution >= 4 is 34.3 Å². The normalized spacial score (nSPS) is 23.4. The minimum absolute atomic E-state index is 0.0957. The van der Waals surface area contributed by atoms with Crippen LogP contribution in [0.1, 0.15) is 38.2 Å². The molecule has 5 rings (SSSR count). The molecule has 0 radical (unpaired) electrons. The Morgan fingerprint density at radius 1 is 1.02 bits per heavy atom. The molecule has 0 aliphatic carbocycles. The van der Waals surface area contributed by atoms with Gasteiger partial charge < -0.3 is 20.6 Å². The van der Waals surface area contributed by atoms with Crippen molar-refractivity contribution in [1.29, 1.82) is 0 Å². The highest BCUT2D eigenvalue weighted by molar-refractivity contribution is 5.99. The summed E-state index contributed by atoms with van der Waals surface area (Å²) in [5.41, 5.74) is 2.42. The van der Waals surface area contributed by atoms with Crippen LogP contribution in [-0.4, -0.2) is 82.0 Å². The lowest BCUT2D eigenvalue weighted by Crippen LogP contribution is -2.50. The van der Waals surface area contributed by atoms with Crippen LogP contribution in [0.3, 0.4) is 0 Å². The molecule has 2 aliphatic rings. The number of rotatable bonds is 9. The van der Waals surface area contributed by atoms with Gasteiger partial charge in [-0.2, -0.15) is 0 Å². The molecule has 216 valence electrons. The molecule has 0 unspecified atom stereocenters. The van der Waals surface area contributed by atoms with Crippen molar-refractivity contribution in [2.45, 2.75) is 63.3 Å². The second kappa shape index (κ2) is 12.8. The summed E-state index contributed by atoms with van der Waals surface area (Å²) in [5.74, 6) is -0.462. The number of amides is 3. The molecular weight excluding hydrogens is 518 g/mol. The third-order valence-corrected chi connectivity index (χ3v) is 8.44. The van der Waals surface area contributed by atoms with Crippen molar-refractivity contribution in [2.24, 2.45) is 5.92 Å². The van der Waals surface area contributed by atoms with Crippen LogP contribution in [-0.2, 0) is 20.8 Å². The maximum Gasteiger partial charge on any atom is 0.249 e. The van der Waals surface area contributed by atoms with E-state index in [0.29, 0.717) is 18.0 Å². The van der Waals surface area contributed by atoms with E-state index in [1.807, 2.05) is 67.7 Å². The first-order valence-electron chi connectivity index (χ1n) is 14.5. The largest absolute Gasteiger partial charge is 0.383 e. The van der Waals surface area contributed by atoms with Gasteiger partial charge in [-0.25, -0.2) is 0 Å². The molecule has 2 aliphatic heterocycles. The number of carbonyl (C=O) groups is 3. The first kappa shape index (κ1) is 28.7. The Morgan fingerprint density at radius 3 is 2.54 bits per heavy atom. The summed E-state index contributed by atoms with van der Waals surface area (Å²) in [5, 5.41) is 17.3. The SMILES string of the molecule is CC[C@@H]1C[C@@H](C(=O)N2C[C@H](NC(=O)[C@H](O)CCc3ccccc3)C[C@H]2C(=O)Nc2cnc3ccccc3c2)N(C)C1. The Hall–Kier alpha value is -3.82. The van der Waals surface area contributed by atoms with Gasteiger partial charge in [0.15, 0.2) is 0 Å². The number of nitrogens with zero attached hydrogens (tertiary/aromatic N) is 3. The molecule has 2 saturated heterocycles. The van der Waals surface area contributed by atoms with Gasteiger partial charge in [0.2, 0.25) is 17.7 Å². The molecule has 9 heteroatoms. The van der Waals surface area contributed by atoms with E-state index < -0.39 is 24.1 Å². The third kappa shape index (κ3) is 6.74. The zero-order valence-corrected chi connectivity index (χ0v) is 23.7. The van der Waals surface area contributed by atoms with Gasteiger partial charge >= 0.3 is 0 Å². The van der Waals surface area contributed by atoms with Crippen molar-refractivity contribution in [1.82, 2.24) is 20.1 Å². The molecule has 1 aromatic heterocycles.